The van der Waals surface area contributed by atoms with E-state index in [1.807, 2.05) is 11.3 Å². The van der Waals surface area contributed by atoms with Crippen molar-refractivity contribution in [3.05, 3.63) is 60.3 Å². The third-order valence-electron chi connectivity index (χ3n) is 7.60. The third kappa shape index (κ3) is 3.84. The minimum atomic E-state index is -3.83. The number of aromatic nitrogens is 4. The van der Waals surface area contributed by atoms with Crippen molar-refractivity contribution in [2.24, 2.45) is 5.92 Å². The second-order valence-corrected chi connectivity index (χ2v) is 13.9. The van der Waals surface area contributed by atoms with Crippen LogP contribution in [-0.4, -0.2) is 46.5 Å². The van der Waals surface area contributed by atoms with Gasteiger partial charge >= 0.3 is 0 Å². The van der Waals surface area contributed by atoms with Crippen LogP contribution >= 0.6 is 0 Å². The molecule has 3 atom stereocenters. The van der Waals surface area contributed by atoms with Crippen molar-refractivity contribution < 1.29 is 16.8 Å². The lowest BCUT2D eigenvalue weighted by Gasteiger charge is -2.17. The summed E-state index contributed by atoms with van der Waals surface area (Å²) >= 11 is 0. The van der Waals surface area contributed by atoms with Crippen LogP contribution in [0.5, 0.6) is 0 Å². The standard InChI is InChI=1S/C25H29N5O4S2/c1-3-17-12-18(28-35(31,32)20-8-9-20)13-22(17)24-26-14-19-15-27-25-23(30(19)24)10-11-29(25)36(33,34)21-6-4-16(2)5-7-21/h4-7,10-11,14-15,17-18,20,22,28H,3,8-9,12-13H2,1-2H3/t17-,18+,22+/m1/s1. The van der Waals surface area contributed by atoms with Crippen molar-refractivity contribution in [3.63, 3.8) is 0 Å². The zero-order chi connectivity index (χ0) is 25.2. The van der Waals surface area contributed by atoms with Gasteiger partial charge in [-0.25, -0.2) is 35.5 Å². The molecule has 6 rings (SSSR count). The molecule has 4 aromatic rings. The average Bonchev–Trinajstić information content (AvgIpc) is 3.31. The number of benzene rings is 1. The minimum absolute atomic E-state index is 0.0482. The summed E-state index contributed by atoms with van der Waals surface area (Å²) in [7, 11) is -7.10. The molecule has 0 bridgehead atoms. The predicted molar refractivity (Wildman–Crippen MR) is 137 cm³/mol. The zero-order valence-electron chi connectivity index (χ0n) is 20.2. The highest BCUT2D eigenvalue weighted by atomic mass is 32.2. The number of hydrogen-bond acceptors (Lipinski definition) is 6. The van der Waals surface area contributed by atoms with Gasteiger partial charge in [0.25, 0.3) is 10.0 Å². The van der Waals surface area contributed by atoms with Crippen LogP contribution in [0.4, 0.5) is 0 Å². The highest BCUT2D eigenvalue weighted by Crippen LogP contribution is 2.42. The predicted octanol–water partition coefficient (Wildman–Crippen LogP) is 3.58. The van der Waals surface area contributed by atoms with Crippen LogP contribution < -0.4 is 4.72 Å². The Morgan fingerprint density at radius 3 is 2.42 bits per heavy atom. The van der Waals surface area contributed by atoms with Gasteiger partial charge in [0.1, 0.15) is 5.82 Å². The Balaban J connectivity index is 1.40. The Hall–Kier alpha value is -2.76. The molecule has 3 aromatic heterocycles. The SMILES string of the molecule is CC[C@@H]1C[C@H](NS(=O)(=O)C2CC2)C[C@@H]1c1ncc2cnc3c(ccn3S(=O)(=O)c3ccc(C)cc3)n12. The van der Waals surface area contributed by atoms with E-state index in [0.717, 1.165) is 42.6 Å². The first-order valence-electron chi connectivity index (χ1n) is 12.4. The molecule has 2 aliphatic carbocycles. The van der Waals surface area contributed by atoms with Gasteiger partial charge in [-0.05, 0) is 56.7 Å². The molecule has 0 unspecified atom stereocenters. The number of imidazole rings is 1. The van der Waals surface area contributed by atoms with Crippen molar-refractivity contribution in [2.75, 3.05) is 0 Å². The van der Waals surface area contributed by atoms with E-state index < -0.39 is 20.0 Å². The molecule has 0 aliphatic heterocycles. The summed E-state index contributed by atoms with van der Waals surface area (Å²) in [5, 5.41) is -0.246. The van der Waals surface area contributed by atoms with Gasteiger partial charge in [0.05, 0.1) is 33.6 Å². The number of rotatable bonds is 7. The van der Waals surface area contributed by atoms with Crippen LogP contribution in [0.25, 0.3) is 16.7 Å². The molecule has 2 aliphatic rings. The topological polar surface area (TPSA) is 115 Å². The summed E-state index contributed by atoms with van der Waals surface area (Å²) in [5.41, 5.74) is 2.75. The summed E-state index contributed by atoms with van der Waals surface area (Å²) in [5.74, 6) is 1.14. The van der Waals surface area contributed by atoms with Gasteiger partial charge in [-0.1, -0.05) is 31.0 Å². The molecule has 9 nitrogen and oxygen atoms in total. The first-order chi connectivity index (χ1) is 17.2. The lowest BCUT2D eigenvalue weighted by Crippen LogP contribution is -2.35. The molecule has 2 saturated carbocycles. The lowest BCUT2D eigenvalue weighted by atomic mass is 9.93. The maximum Gasteiger partial charge on any atom is 0.269 e. The Labute approximate surface area is 210 Å². The summed E-state index contributed by atoms with van der Waals surface area (Å²) < 4.78 is 58.1. The molecule has 190 valence electrons. The molecule has 0 radical (unpaired) electrons. The fourth-order valence-corrected chi connectivity index (χ4v) is 8.43. The molecule has 3 heterocycles. The van der Waals surface area contributed by atoms with E-state index in [1.54, 1.807) is 42.7 Å². The first kappa shape index (κ1) is 23.6. The van der Waals surface area contributed by atoms with E-state index in [1.165, 1.54) is 10.2 Å². The number of fused-ring (bicyclic) bond motifs is 3. The van der Waals surface area contributed by atoms with Crippen molar-refractivity contribution >= 4 is 36.7 Å². The average molecular weight is 528 g/mol. The first-order valence-corrected chi connectivity index (χ1v) is 15.3. The molecule has 0 amide bonds. The van der Waals surface area contributed by atoms with Crippen LogP contribution in [0.1, 0.15) is 56.3 Å². The Morgan fingerprint density at radius 2 is 1.72 bits per heavy atom. The highest BCUT2D eigenvalue weighted by molar-refractivity contribution is 7.90. The smallest absolute Gasteiger partial charge is 0.269 e. The van der Waals surface area contributed by atoms with Gasteiger partial charge in [-0.3, -0.25) is 4.40 Å². The summed E-state index contributed by atoms with van der Waals surface area (Å²) in [6.45, 7) is 4.03. The van der Waals surface area contributed by atoms with Gasteiger partial charge in [0.15, 0.2) is 5.65 Å². The Bertz CT molecular complexity index is 1670. The van der Waals surface area contributed by atoms with E-state index in [2.05, 4.69) is 16.6 Å². The van der Waals surface area contributed by atoms with Crippen molar-refractivity contribution in [1.82, 2.24) is 23.1 Å². The van der Waals surface area contributed by atoms with Gasteiger partial charge < -0.3 is 0 Å². The molecular weight excluding hydrogens is 498 g/mol. The third-order valence-corrected chi connectivity index (χ3v) is 11.3. The van der Waals surface area contributed by atoms with E-state index in [9.17, 15) is 16.8 Å². The Kier molecular flexibility index (Phi) is 5.51. The van der Waals surface area contributed by atoms with Crippen molar-refractivity contribution in [3.8, 4) is 0 Å². The number of nitrogens with zero attached hydrogens (tertiary/aromatic N) is 4. The van der Waals surface area contributed by atoms with Crippen molar-refractivity contribution in [2.45, 2.75) is 68.1 Å². The normalized spacial score (nSPS) is 23.1. The fourth-order valence-electron chi connectivity index (χ4n) is 5.53. The second kappa shape index (κ2) is 8.39. The number of aryl methyl sites for hydroxylation is 1. The largest absolute Gasteiger partial charge is 0.291 e. The lowest BCUT2D eigenvalue weighted by molar-refractivity contribution is 0.450. The summed E-state index contributed by atoms with van der Waals surface area (Å²) in [4.78, 5) is 9.41. The molecule has 0 spiro atoms. The zero-order valence-corrected chi connectivity index (χ0v) is 21.8. The second-order valence-electron chi connectivity index (χ2n) is 10.1. The van der Waals surface area contributed by atoms with Crippen LogP contribution in [0.15, 0.2) is 53.8 Å². The quantitative estimate of drug-likeness (QED) is 0.393. The van der Waals surface area contributed by atoms with E-state index in [0.29, 0.717) is 17.6 Å². The molecule has 0 saturated heterocycles. The number of hydrogen-bond donors (Lipinski definition) is 1. The maximum absolute atomic E-state index is 13.4. The number of sulfonamides is 1. The molecule has 36 heavy (non-hydrogen) atoms. The summed E-state index contributed by atoms with van der Waals surface area (Å²) in [6.07, 6.45) is 8.73. The van der Waals surface area contributed by atoms with Crippen LogP contribution in [0.2, 0.25) is 0 Å². The molecule has 1 N–H and O–H groups in total. The van der Waals surface area contributed by atoms with Gasteiger partial charge in [0, 0.05) is 18.2 Å². The van der Waals surface area contributed by atoms with Gasteiger partial charge in [-0.2, -0.15) is 0 Å². The molecule has 2 fully saturated rings. The summed E-state index contributed by atoms with van der Waals surface area (Å²) in [6, 6.07) is 8.39. The monoisotopic (exact) mass is 527 g/mol. The fraction of sp³-hybridized carbons (Fsp3) is 0.440. The van der Waals surface area contributed by atoms with Gasteiger partial charge in [-0.15, -0.1) is 0 Å². The minimum Gasteiger partial charge on any atom is -0.291 e. The van der Waals surface area contributed by atoms with Gasteiger partial charge in [0.2, 0.25) is 10.0 Å². The number of nitrogens with one attached hydrogen (secondary N) is 1. The van der Waals surface area contributed by atoms with Crippen molar-refractivity contribution in [1.29, 1.82) is 0 Å². The molecule has 1 aromatic carbocycles. The Morgan fingerprint density at radius 1 is 1.00 bits per heavy atom. The van der Waals surface area contributed by atoms with Crippen LogP contribution in [0, 0.1) is 12.8 Å². The van der Waals surface area contributed by atoms with Crippen LogP contribution in [-0.2, 0) is 20.0 Å². The van der Waals surface area contributed by atoms with E-state index >= 15 is 0 Å². The highest BCUT2D eigenvalue weighted by Gasteiger charge is 2.42. The van der Waals surface area contributed by atoms with Crippen LogP contribution in [0.3, 0.4) is 0 Å². The van der Waals surface area contributed by atoms with E-state index in [4.69, 9.17) is 4.98 Å². The molecular formula is C25H29N5O4S2. The maximum atomic E-state index is 13.4. The molecule has 11 heteroatoms. The van der Waals surface area contributed by atoms with E-state index in [-0.39, 0.29) is 28.0 Å².